The zero-order chi connectivity index (χ0) is 11.8. The summed E-state index contributed by atoms with van der Waals surface area (Å²) in [6.45, 7) is 4.79. The van der Waals surface area contributed by atoms with Crippen molar-refractivity contribution in [2.75, 3.05) is 18.0 Å². The van der Waals surface area contributed by atoms with Crippen molar-refractivity contribution in [2.24, 2.45) is 11.7 Å². The average molecular weight is 230 g/mol. The molecule has 0 aromatic heterocycles. The van der Waals surface area contributed by atoms with Crippen LogP contribution in [-0.4, -0.2) is 13.1 Å². The number of benzene rings is 1. The Kier molecular flexibility index (Phi) is 2.83. The maximum absolute atomic E-state index is 6.15. The van der Waals surface area contributed by atoms with Crippen molar-refractivity contribution in [3.05, 3.63) is 29.3 Å². The molecule has 17 heavy (non-hydrogen) atoms. The summed E-state index contributed by atoms with van der Waals surface area (Å²) in [4.78, 5) is 2.57. The molecule has 0 saturated carbocycles. The Labute approximate surface area is 104 Å². The van der Waals surface area contributed by atoms with Gasteiger partial charge < -0.3 is 10.6 Å². The first-order valence-corrected chi connectivity index (χ1v) is 6.88. The van der Waals surface area contributed by atoms with Crippen molar-refractivity contribution in [1.29, 1.82) is 0 Å². The summed E-state index contributed by atoms with van der Waals surface area (Å²) in [5, 5.41) is 0. The Morgan fingerprint density at radius 1 is 1.29 bits per heavy atom. The summed E-state index contributed by atoms with van der Waals surface area (Å²) in [5.41, 5.74) is 10.5. The van der Waals surface area contributed by atoms with Crippen LogP contribution in [0.2, 0.25) is 0 Å². The van der Waals surface area contributed by atoms with Crippen molar-refractivity contribution in [3.8, 4) is 0 Å². The van der Waals surface area contributed by atoms with Gasteiger partial charge in [-0.3, -0.25) is 0 Å². The number of piperidine rings is 1. The molecule has 1 saturated heterocycles. The Morgan fingerprint density at radius 2 is 2.18 bits per heavy atom. The minimum absolute atomic E-state index is 0.271. The molecule has 1 fully saturated rings. The molecule has 2 aliphatic rings. The molecule has 1 heterocycles. The van der Waals surface area contributed by atoms with E-state index in [2.05, 4.69) is 30.0 Å². The molecule has 2 unspecified atom stereocenters. The zero-order valence-corrected chi connectivity index (χ0v) is 10.7. The number of nitrogens with two attached hydrogens (primary N) is 1. The fourth-order valence-electron chi connectivity index (χ4n) is 3.37. The first-order chi connectivity index (χ1) is 8.25. The predicted molar refractivity (Wildman–Crippen MR) is 72.3 cm³/mol. The molecule has 1 aromatic carbocycles. The van der Waals surface area contributed by atoms with Crippen LogP contribution in [-0.2, 0) is 6.42 Å². The van der Waals surface area contributed by atoms with Gasteiger partial charge in [0.1, 0.15) is 0 Å². The molecule has 0 amide bonds. The fraction of sp³-hybridized carbons (Fsp3) is 0.600. The molecule has 2 atom stereocenters. The van der Waals surface area contributed by atoms with Crippen LogP contribution in [0.25, 0.3) is 0 Å². The molecular formula is C15H22N2. The summed E-state index contributed by atoms with van der Waals surface area (Å²) in [6, 6.07) is 6.95. The van der Waals surface area contributed by atoms with Gasteiger partial charge in [0.2, 0.25) is 0 Å². The Balaban J connectivity index is 1.93. The summed E-state index contributed by atoms with van der Waals surface area (Å²) in [6.07, 6.45) is 5.00. The molecule has 2 nitrogen and oxygen atoms in total. The van der Waals surface area contributed by atoms with Crippen LogP contribution in [0, 0.1) is 5.92 Å². The van der Waals surface area contributed by atoms with Crippen LogP contribution in [0.3, 0.4) is 0 Å². The van der Waals surface area contributed by atoms with Crippen LogP contribution in [0.15, 0.2) is 18.2 Å². The van der Waals surface area contributed by atoms with E-state index in [0.29, 0.717) is 0 Å². The summed E-state index contributed by atoms with van der Waals surface area (Å²) in [5.74, 6) is 0.828. The number of anilines is 1. The lowest BCUT2D eigenvalue weighted by Crippen LogP contribution is -2.34. The zero-order valence-electron chi connectivity index (χ0n) is 10.7. The quantitative estimate of drug-likeness (QED) is 0.804. The second-order valence-electron chi connectivity index (χ2n) is 5.68. The molecule has 0 radical (unpaired) electrons. The van der Waals surface area contributed by atoms with Crippen molar-refractivity contribution in [2.45, 2.75) is 38.6 Å². The fourth-order valence-corrected chi connectivity index (χ4v) is 3.37. The van der Waals surface area contributed by atoms with Gasteiger partial charge in [0.15, 0.2) is 0 Å². The van der Waals surface area contributed by atoms with E-state index in [1.165, 1.54) is 42.7 Å². The van der Waals surface area contributed by atoms with E-state index in [4.69, 9.17) is 5.73 Å². The smallest absolute Gasteiger partial charge is 0.0402 e. The highest BCUT2D eigenvalue weighted by atomic mass is 15.1. The van der Waals surface area contributed by atoms with Crippen LogP contribution >= 0.6 is 0 Å². The van der Waals surface area contributed by atoms with E-state index in [1.807, 2.05) is 0 Å². The van der Waals surface area contributed by atoms with Crippen molar-refractivity contribution in [3.63, 3.8) is 0 Å². The van der Waals surface area contributed by atoms with Crippen LogP contribution in [0.5, 0.6) is 0 Å². The molecule has 0 spiro atoms. The van der Waals surface area contributed by atoms with E-state index in [0.717, 1.165) is 18.8 Å². The molecule has 2 heteroatoms. The highest BCUT2D eigenvalue weighted by Gasteiger charge is 2.25. The minimum Gasteiger partial charge on any atom is -0.371 e. The third-order valence-corrected chi connectivity index (χ3v) is 4.29. The standard InChI is InChI=1S/C15H22N2/c1-11-4-3-9-17(10-11)15-6-2-5-12-13(15)7-8-14(12)16/h2,5-6,11,14H,3-4,7-10,16H2,1H3. The number of nitrogens with zero attached hydrogens (tertiary/aromatic N) is 1. The third-order valence-electron chi connectivity index (χ3n) is 4.29. The van der Waals surface area contributed by atoms with Gasteiger partial charge in [0.05, 0.1) is 0 Å². The molecule has 3 rings (SSSR count). The highest BCUT2D eigenvalue weighted by molar-refractivity contribution is 5.59. The monoisotopic (exact) mass is 230 g/mol. The maximum Gasteiger partial charge on any atom is 0.0402 e. The predicted octanol–water partition coefficient (Wildman–Crippen LogP) is 2.87. The van der Waals surface area contributed by atoms with Gasteiger partial charge in [0.25, 0.3) is 0 Å². The van der Waals surface area contributed by atoms with Gasteiger partial charge in [-0.05, 0) is 48.8 Å². The van der Waals surface area contributed by atoms with Crippen molar-refractivity contribution >= 4 is 5.69 Å². The number of rotatable bonds is 1. The molecule has 92 valence electrons. The Hall–Kier alpha value is -1.02. The third kappa shape index (κ3) is 1.95. The number of hydrogen-bond acceptors (Lipinski definition) is 2. The van der Waals surface area contributed by atoms with Gasteiger partial charge in [0, 0.05) is 24.8 Å². The van der Waals surface area contributed by atoms with E-state index >= 15 is 0 Å². The maximum atomic E-state index is 6.15. The number of hydrogen-bond donors (Lipinski definition) is 1. The van der Waals surface area contributed by atoms with Gasteiger partial charge in [-0.25, -0.2) is 0 Å². The van der Waals surface area contributed by atoms with E-state index in [1.54, 1.807) is 0 Å². The lowest BCUT2D eigenvalue weighted by atomic mass is 9.98. The molecule has 1 aliphatic heterocycles. The van der Waals surface area contributed by atoms with Crippen LogP contribution in [0.4, 0.5) is 5.69 Å². The summed E-state index contributed by atoms with van der Waals surface area (Å²) in [7, 11) is 0. The Bertz CT molecular complexity index is 413. The Morgan fingerprint density at radius 3 is 3.00 bits per heavy atom. The molecule has 1 aromatic rings. The molecule has 2 N–H and O–H groups in total. The van der Waals surface area contributed by atoms with Crippen molar-refractivity contribution in [1.82, 2.24) is 0 Å². The molecule has 1 aliphatic carbocycles. The van der Waals surface area contributed by atoms with Gasteiger partial charge in [-0.15, -0.1) is 0 Å². The minimum atomic E-state index is 0.271. The lowest BCUT2D eigenvalue weighted by molar-refractivity contribution is 0.446. The van der Waals surface area contributed by atoms with Gasteiger partial charge >= 0.3 is 0 Å². The second kappa shape index (κ2) is 4.34. The SMILES string of the molecule is CC1CCCN(c2cccc3c2CCC3N)C1. The van der Waals surface area contributed by atoms with Crippen LogP contribution < -0.4 is 10.6 Å². The van der Waals surface area contributed by atoms with Gasteiger partial charge in [-0.1, -0.05) is 19.1 Å². The normalized spacial score (nSPS) is 28.2. The van der Waals surface area contributed by atoms with Gasteiger partial charge in [-0.2, -0.15) is 0 Å². The summed E-state index contributed by atoms with van der Waals surface area (Å²) >= 11 is 0. The lowest BCUT2D eigenvalue weighted by Gasteiger charge is -2.34. The average Bonchev–Trinajstić information content (AvgIpc) is 2.71. The summed E-state index contributed by atoms with van der Waals surface area (Å²) < 4.78 is 0. The number of fused-ring (bicyclic) bond motifs is 1. The second-order valence-corrected chi connectivity index (χ2v) is 5.68. The molecular weight excluding hydrogens is 208 g/mol. The van der Waals surface area contributed by atoms with E-state index < -0.39 is 0 Å². The van der Waals surface area contributed by atoms with Crippen molar-refractivity contribution < 1.29 is 0 Å². The van der Waals surface area contributed by atoms with E-state index in [-0.39, 0.29) is 6.04 Å². The van der Waals surface area contributed by atoms with Crippen LogP contribution in [0.1, 0.15) is 43.4 Å². The molecule has 0 bridgehead atoms. The van der Waals surface area contributed by atoms with E-state index in [9.17, 15) is 0 Å². The first-order valence-electron chi connectivity index (χ1n) is 6.88. The first kappa shape index (κ1) is 11.1. The highest BCUT2D eigenvalue weighted by Crippen LogP contribution is 2.37. The largest absolute Gasteiger partial charge is 0.371 e. The topological polar surface area (TPSA) is 29.3 Å².